The van der Waals surface area contributed by atoms with Crippen LogP contribution in [0.15, 0.2) is 96.5 Å². The molecule has 1 atom stereocenters. The van der Waals surface area contributed by atoms with Crippen LogP contribution in [0.1, 0.15) is 30.0 Å². The van der Waals surface area contributed by atoms with Crippen LogP contribution in [0.5, 0.6) is 0 Å². The summed E-state index contributed by atoms with van der Waals surface area (Å²) in [6.45, 7) is 12.8. The lowest BCUT2D eigenvalue weighted by atomic mass is 9.73. The fourth-order valence-electron chi connectivity index (χ4n) is 5.98. The van der Waals surface area contributed by atoms with Gasteiger partial charge in [-0.05, 0) is 73.2 Å². The van der Waals surface area contributed by atoms with E-state index in [1.54, 1.807) is 18.4 Å². The number of fused-ring (bicyclic) bond motifs is 1. The molecule has 0 saturated carbocycles. The van der Waals surface area contributed by atoms with Crippen LogP contribution in [0.25, 0.3) is 16.6 Å². The Morgan fingerprint density at radius 2 is 1.93 bits per heavy atom. The molecule has 1 aromatic heterocycles. The number of aryl methyl sites for hydroxylation is 1. The first-order valence-corrected chi connectivity index (χ1v) is 15.1. The summed E-state index contributed by atoms with van der Waals surface area (Å²) < 4.78 is 30.9. The van der Waals surface area contributed by atoms with Crippen molar-refractivity contribution in [2.24, 2.45) is 5.10 Å². The molecule has 1 fully saturated rings. The van der Waals surface area contributed by atoms with E-state index in [0.29, 0.717) is 25.9 Å². The molecule has 0 amide bonds. The zero-order chi connectivity index (χ0) is 29.5. The summed E-state index contributed by atoms with van der Waals surface area (Å²) in [7, 11) is 1.58. The Morgan fingerprint density at radius 1 is 1.20 bits per heavy atom. The average molecular weight is 571 g/mol. The van der Waals surface area contributed by atoms with Crippen molar-refractivity contribution in [3.8, 4) is 0 Å². The Hall–Kier alpha value is -3.95. The number of allylic oxidation sites excluding steroid dienone is 3. The van der Waals surface area contributed by atoms with Crippen LogP contribution in [0.3, 0.4) is 0 Å². The smallest absolute Gasteiger partial charge is 0.262 e. The van der Waals surface area contributed by atoms with Gasteiger partial charge in [0.25, 0.3) is 10.0 Å². The molecule has 0 aliphatic carbocycles. The molecule has 3 heterocycles. The van der Waals surface area contributed by atoms with E-state index in [9.17, 15) is 8.42 Å². The highest BCUT2D eigenvalue weighted by Crippen LogP contribution is 2.42. The summed E-state index contributed by atoms with van der Waals surface area (Å²) >= 11 is 0. The molecule has 1 unspecified atom stereocenters. The highest BCUT2D eigenvalue weighted by Gasteiger charge is 2.45. The van der Waals surface area contributed by atoms with Crippen LogP contribution in [-0.4, -0.2) is 71.7 Å². The van der Waals surface area contributed by atoms with Gasteiger partial charge in [0.05, 0.1) is 17.4 Å². The second-order valence-electron chi connectivity index (χ2n) is 11.2. The Kier molecular flexibility index (Phi) is 7.52. The lowest BCUT2D eigenvalue weighted by Crippen LogP contribution is -2.39. The summed E-state index contributed by atoms with van der Waals surface area (Å²) in [5.74, 6) is 0. The lowest BCUT2D eigenvalue weighted by molar-refractivity contribution is 0.416. The maximum atomic E-state index is 13.7. The molecule has 2 aromatic carbocycles. The minimum Gasteiger partial charge on any atom is -0.349 e. The summed E-state index contributed by atoms with van der Waals surface area (Å²) in [4.78, 5) is 2.01. The standard InChI is InChI=1S/C32H38N6O2S/c1-8-31(34-35(5)6)41(39,40)37-15-14-32(22-37,19-26-12-10-9-11-13-26)29-18-27-20-33-38(30(27)17-24(29)3)28-16-23(2)25(4)36(7)21-28/h8-13,16-18,20-21H,1,4,14-15,19,22H2,2-3,5-7H3/b34-31+. The fraction of sp³-hybridized carbons (Fsp3) is 0.312. The molecule has 0 bridgehead atoms. The van der Waals surface area contributed by atoms with Gasteiger partial charge in [-0.25, -0.2) is 13.1 Å². The predicted octanol–water partition coefficient (Wildman–Crippen LogP) is 5.13. The van der Waals surface area contributed by atoms with Crippen molar-refractivity contribution >= 4 is 31.7 Å². The number of likely N-dealkylation sites (N-methyl/N-ethyl adjacent to an activating group) is 1. The third kappa shape index (κ3) is 5.27. The van der Waals surface area contributed by atoms with Crippen LogP contribution in [0.2, 0.25) is 0 Å². The molecule has 0 N–H and O–H groups in total. The van der Waals surface area contributed by atoms with Crippen molar-refractivity contribution in [2.75, 3.05) is 34.2 Å². The molecular weight excluding hydrogens is 532 g/mol. The molecule has 8 nitrogen and oxygen atoms in total. The van der Waals surface area contributed by atoms with E-state index in [1.807, 2.05) is 47.2 Å². The minimum absolute atomic E-state index is 0.0387. The molecule has 214 valence electrons. The zero-order valence-corrected chi connectivity index (χ0v) is 25.3. The van der Waals surface area contributed by atoms with Gasteiger partial charge >= 0.3 is 0 Å². The van der Waals surface area contributed by atoms with E-state index >= 15 is 0 Å². The number of hydrogen-bond donors (Lipinski definition) is 0. The number of sulfonamides is 1. The molecule has 5 rings (SSSR count). The van der Waals surface area contributed by atoms with Crippen molar-refractivity contribution in [1.29, 1.82) is 0 Å². The number of hydrazone groups is 1. The molecule has 0 spiro atoms. The summed E-state index contributed by atoms with van der Waals surface area (Å²) in [6.07, 6.45) is 8.75. The fourth-order valence-corrected chi connectivity index (χ4v) is 7.47. The van der Waals surface area contributed by atoms with Gasteiger partial charge in [0.1, 0.15) is 0 Å². The van der Waals surface area contributed by atoms with Gasteiger partial charge in [-0.15, -0.1) is 0 Å². The highest BCUT2D eigenvalue weighted by molar-refractivity contribution is 8.04. The van der Waals surface area contributed by atoms with Crippen molar-refractivity contribution in [3.63, 3.8) is 0 Å². The largest absolute Gasteiger partial charge is 0.349 e. The summed E-state index contributed by atoms with van der Waals surface area (Å²) in [6, 6.07) is 14.7. The van der Waals surface area contributed by atoms with Gasteiger partial charge in [0, 0.05) is 56.9 Å². The van der Waals surface area contributed by atoms with Gasteiger partial charge in [-0.3, -0.25) is 0 Å². The van der Waals surface area contributed by atoms with Gasteiger partial charge in [-0.1, -0.05) is 43.5 Å². The molecule has 2 aliphatic heterocycles. The van der Waals surface area contributed by atoms with Crippen LogP contribution in [0, 0.1) is 6.92 Å². The SMILES string of the molecule is C=C/C(=N\N(C)C)S(=O)(=O)N1CCC(Cc2ccccc2)(c2cc3cnn(C4=CN(C)C(=C)C(C)=C4)c3cc2C)C1. The van der Waals surface area contributed by atoms with Gasteiger partial charge in [0.2, 0.25) is 0 Å². The quantitative estimate of drug-likeness (QED) is 0.224. The molecule has 2 aliphatic rings. The first-order chi connectivity index (χ1) is 19.4. The summed E-state index contributed by atoms with van der Waals surface area (Å²) in [5.41, 5.74) is 7.03. The Labute approximate surface area is 243 Å². The average Bonchev–Trinajstić information content (AvgIpc) is 3.55. The highest BCUT2D eigenvalue weighted by atomic mass is 32.2. The van der Waals surface area contributed by atoms with Gasteiger partial charge < -0.3 is 9.91 Å². The first kappa shape index (κ1) is 28.6. The summed E-state index contributed by atoms with van der Waals surface area (Å²) in [5, 5.41) is 11.4. The van der Waals surface area contributed by atoms with Crippen LogP contribution < -0.4 is 0 Å². The van der Waals surface area contributed by atoms with Crippen LogP contribution in [-0.2, 0) is 21.9 Å². The topological polar surface area (TPSA) is 74.0 Å². The second-order valence-corrected chi connectivity index (χ2v) is 13.1. The Bertz CT molecular complexity index is 1720. The third-order valence-electron chi connectivity index (χ3n) is 8.08. The molecule has 9 heteroatoms. The lowest BCUT2D eigenvalue weighted by Gasteiger charge is -2.32. The van der Waals surface area contributed by atoms with E-state index in [1.165, 1.54) is 16.6 Å². The second kappa shape index (κ2) is 10.8. The Morgan fingerprint density at radius 3 is 2.59 bits per heavy atom. The van der Waals surface area contributed by atoms with Crippen molar-refractivity contribution in [3.05, 3.63) is 108 Å². The van der Waals surface area contributed by atoms with E-state index < -0.39 is 15.4 Å². The number of rotatable bonds is 7. The van der Waals surface area contributed by atoms with E-state index in [0.717, 1.165) is 39.0 Å². The number of nitrogens with zero attached hydrogens (tertiary/aromatic N) is 6. The first-order valence-electron chi connectivity index (χ1n) is 13.7. The van der Waals surface area contributed by atoms with Crippen molar-refractivity contribution in [1.82, 2.24) is 24.0 Å². The van der Waals surface area contributed by atoms with E-state index in [2.05, 4.69) is 62.4 Å². The number of hydrogen-bond acceptors (Lipinski definition) is 6. The predicted molar refractivity (Wildman–Crippen MR) is 168 cm³/mol. The number of benzene rings is 2. The molecule has 3 aromatic rings. The van der Waals surface area contributed by atoms with E-state index in [-0.39, 0.29) is 5.04 Å². The molecular formula is C32H38N6O2S. The number of aromatic nitrogens is 2. The normalized spacial score (nSPS) is 20.4. The van der Waals surface area contributed by atoms with Crippen LogP contribution in [0.4, 0.5) is 0 Å². The van der Waals surface area contributed by atoms with E-state index in [4.69, 9.17) is 5.10 Å². The van der Waals surface area contributed by atoms with Crippen LogP contribution >= 0.6 is 0 Å². The molecule has 41 heavy (non-hydrogen) atoms. The van der Waals surface area contributed by atoms with Crippen molar-refractivity contribution in [2.45, 2.75) is 32.1 Å². The van der Waals surface area contributed by atoms with Gasteiger partial charge in [-0.2, -0.15) is 14.5 Å². The molecule has 0 radical (unpaired) electrons. The zero-order valence-electron chi connectivity index (χ0n) is 24.5. The van der Waals surface area contributed by atoms with Crippen molar-refractivity contribution < 1.29 is 8.42 Å². The van der Waals surface area contributed by atoms with Gasteiger partial charge in [0.15, 0.2) is 5.04 Å². The maximum Gasteiger partial charge on any atom is 0.262 e. The Balaban J connectivity index is 1.60. The molecule has 1 saturated heterocycles. The minimum atomic E-state index is -3.82. The third-order valence-corrected chi connectivity index (χ3v) is 9.85. The monoisotopic (exact) mass is 570 g/mol. The maximum absolute atomic E-state index is 13.7.